The Hall–Kier alpha value is -2.31. The molecule has 192 valence electrons. The molecule has 0 radical (unpaired) electrons. The average Bonchev–Trinajstić information content (AvgIpc) is 3.34. The van der Waals surface area contributed by atoms with Gasteiger partial charge in [0.15, 0.2) is 0 Å². The maximum Gasteiger partial charge on any atom is 0.335 e. The van der Waals surface area contributed by atoms with Crippen LogP contribution in [0.15, 0.2) is 65.6 Å². The molecule has 1 saturated heterocycles. The minimum absolute atomic E-state index is 0.249. The zero-order valence-electron chi connectivity index (χ0n) is 20.4. The molecule has 7 heteroatoms. The van der Waals surface area contributed by atoms with E-state index < -0.39 is 5.97 Å². The summed E-state index contributed by atoms with van der Waals surface area (Å²) in [6.45, 7) is 2.67. The molecular formula is C30H28Cl2FNO2S. The van der Waals surface area contributed by atoms with Crippen LogP contribution in [0.3, 0.4) is 0 Å². The van der Waals surface area contributed by atoms with Crippen LogP contribution < -0.4 is 0 Å². The quantitative estimate of drug-likeness (QED) is 0.306. The number of benzene rings is 3. The molecular weight excluding hydrogens is 528 g/mol. The fourth-order valence-electron chi connectivity index (χ4n) is 5.35. The number of thioether (sulfide) groups is 1. The van der Waals surface area contributed by atoms with Gasteiger partial charge in [-0.25, -0.2) is 4.79 Å². The van der Waals surface area contributed by atoms with Crippen LogP contribution in [0.25, 0.3) is 11.1 Å². The molecule has 5 rings (SSSR count). The third kappa shape index (κ3) is 5.91. The number of carboxylic acid groups (broad SMARTS) is 1. The minimum Gasteiger partial charge on any atom is -0.478 e. The van der Waals surface area contributed by atoms with E-state index in [-0.39, 0.29) is 12.2 Å². The summed E-state index contributed by atoms with van der Waals surface area (Å²) < 4.78 is 12.5. The number of fused-ring (bicyclic) bond motifs is 1. The standard InChI is InChI=1S/C30H28Cl2FNO2S/c31-23-7-9-24(27(32)16-23)26-18-37-28-15-22(30(35)36)6-8-25(28)29(26)21-4-2-19(3-5-21)14-20-10-13-34(17-20)12-1-11-33/h2-9,15-16,20H,1,10-14,17-18H2,(H,35,36). The number of alkyl halides is 1. The SMILES string of the molecule is O=C(O)c1ccc2c(c1)SCC(c1ccc(Cl)cc1Cl)=C2c1ccc(CC2CCN(CCCF)C2)cc1. The number of likely N-dealkylation sites (tertiary alicyclic amines) is 1. The van der Waals surface area contributed by atoms with Crippen molar-refractivity contribution in [3.05, 3.63) is 98.5 Å². The predicted molar refractivity (Wildman–Crippen MR) is 152 cm³/mol. The number of halogens is 3. The van der Waals surface area contributed by atoms with E-state index in [1.807, 2.05) is 18.2 Å². The second-order valence-corrected chi connectivity index (χ2v) is 11.5. The maximum absolute atomic E-state index is 12.5. The van der Waals surface area contributed by atoms with Gasteiger partial charge in [0.1, 0.15) is 0 Å². The van der Waals surface area contributed by atoms with Crippen molar-refractivity contribution in [3.63, 3.8) is 0 Å². The van der Waals surface area contributed by atoms with E-state index in [9.17, 15) is 14.3 Å². The van der Waals surface area contributed by atoms with Gasteiger partial charge in [0.2, 0.25) is 0 Å². The molecule has 0 saturated carbocycles. The molecule has 37 heavy (non-hydrogen) atoms. The lowest BCUT2D eigenvalue weighted by Crippen LogP contribution is -2.22. The summed E-state index contributed by atoms with van der Waals surface area (Å²) in [5, 5.41) is 10.7. The highest BCUT2D eigenvalue weighted by atomic mass is 35.5. The lowest BCUT2D eigenvalue weighted by molar-refractivity contribution is 0.0696. The van der Waals surface area contributed by atoms with Crippen molar-refractivity contribution in [2.24, 2.45) is 5.92 Å². The van der Waals surface area contributed by atoms with Gasteiger partial charge in [0, 0.05) is 33.8 Å². The molecule has 2 heterocycles. The van der Waals surface area contributed by atoms with Crippen LogP contribution in [0.1, 0.15) is 45.5 Å². The largest absolute Gasteiger partial charge is 0.478 e. The van der Waals surface area contributed by atoms with Gasteiger partial charge < -0.3 is 10.0 Å². The van der Waals surface area contributed by atoms with Gasteiger partial charge in [0.25, 0.3) is 0 Å². The lowest BCUT2D eigenvalue weighted by Gasteiger charge is -2.25. The Balaban J connectivity index is 1.48. The molecule has 1 unspecified atom stereocenters. The van der Waals surface area contributed by atoms with E-state index in [1.165, 1.54) is 5.56 Å². The van der Waals surface area contributed by atoms with Gasteiger partial charge >= 0.3 is 5.97 Å². The summed E-state index contributed by atoms with van der Waals surface area (Å²) in [6, 6.07) is 19.6. The molecule has 3 aromatic carbocycles. The Kier molecular flexibility index (Phi) is 8.25. The van der Waals surface area contributed by atoms with E-state index in [0.29, 0.717) is 28.1 Å². The van der Waals surface area contributed by atoms with E-state index in [1.54, 1.807) is 30.0 Å². The summed E-state index contributed by atoms with van der Waals surface area (Å²) in [6.07, 6.45) is 2.77. The number of aromatic carboxylic acids is 1. The number of rotatable bonds is 8. The van der Waals surface area contributed by atoms with Gasteiger partial charge in [-0.2, -0.15) is 0 Å². The highest BCUT2D eigenvalue weighted by Gasteiger charge is 2.25. The highest BCUT2D eigenvalue weighted by Crippen LogP contribution is 2.46. The Morgan fingerprint density at radius 1 is 1.05 bits per heavy atom. The number of nitrogens with zero attached hydrogens (tertiary/aromatic N) is 1. The lowest BCUT2D eigenvalue weighted by atomic mass is 9.88. The minimum atomic E-state index is -0.931. The van der Waals surface area contributed by atoms with E-state index in [0.717, 1.165) is 65.2 Å². The first-order valence-electron chi connectivity index (χ1n) is 12.5. The highest BCUT2D eigenvalue weighted by molar-refractivity contribution is 7.99. The summed E-state index contributed by atoms with van der Waals surface area (Å²) in [7, 11) is 0. The van der Waals surface area contributed by atoms with E-state index in [2.05, 4.69) is 29.2 Å². The molecule has 1 atom stereocenters. The van der Waals surface area contributed by atoms with Gasteiger partial charge in [-0.3, -0.25) is 4.39 Å². The Bertz CT molecular complexity index is 1340. The molecule has 3 nitrogen and oxygen atoms in total. The Morgan fingerprint density at radius 3 is 2.57 bits per heavy atom. The van der Waals surface area contributed by atoms with Crippen molar-refractivity contribution in [2.75, 3.05) is 32.1 Å². The molecule has 0 aliphatic carbocycles. The summed E-state index contributed by atoms with van der Waals surface area (Å²) in [5.41, 5.74) is 6.77. The molecule has 2 aliphatic rings. The van der Waals surface area contributed by atoms with Gasteiger partial charge in [-0.05, 0) is 89.4 Å². The Labute approximate surface area is 231 Å². The normalized spacial score (nSPS) is 17.8. The van der Waals surface area contributed by atoms with E-state index >= 15 is 0 Å². The fraction of sp³-hybridized carbons (Fsp3) is 0.300. The van der Waals surface area contributed by atoms with Crippen molar-refractivity contribution in [1.82, 2.24) is 4.90 Å². The van der Waals surface area contributed by atoms with Crippen LogP contribution in [0, 0.1) is 5.92 Å². The smallest absolute Gasteiger partial charge is 0.335 e. The zero-order valence-corrected chi connectivity index (χ0v) is 22.7. The van der Waals surface area contributed by atoms with Crippen LogP contribution in [0.4, 0.5) is 4.39 Å². The van der Waals surface area contributed by atoms with Crippen LogP contribution in [-0.4, -0.2) is 48.0 Å². The molecule has 2 aliphatic heterocycles. The van der Waals surface area contributed by atoms with Crippen molar-refractivity contribution < 1.29 is 14.3 Å². The first kappa shape index (κ1) is 26.3. The van der Waals surface area contributed by atoms with Crippen LogP contribution in [-0.2, 0) is 6.42 Å². The molecule has 0 aromatic heterocycles. The molecule has 0 bridgehead atoms. The van der Waals surface area contributed by atoms with Crippen molar-refractivity contribution in [3.8, 4) is 0 Å². The first-order chi connectivity index (χ1) is 17.9. The first-order valence-corrected chi connectivity index (χ1v) is 14.2. The van der Waals surface area contributed by atoms with Crippen molar-refractivity contribution in [2.45, 2.75) is 24.2 Å². The third-order valence-electron chi connectivity index (χ3n) is 7.17. The topological polar surface area (TPSA) is 40.5 Å². The van der Waals surface area contributed by atoms with Crippen LogP contribution in [0.2, 0.25) is 10.0 Å². The summed E-state index contributed by atoms with van der Waals surface area (Å²) in [5.74, 6) is 0.333. The third-order valence-corrected chi connectivity index (χ3v) is 8.80. The monoisotopic (exact) mass is 555 g/mol. The zero-order chi connectivity index (χ0) is 25.9. The number of hydrogen-bond donors (Lipinski definition) is 1. The fourth-order valence-corrected chi connectivity index (χ4v) is 7.01. The van der Waals surface area contributed by atoms with Crippen molar-refractivity contribution in [1.29, 1.82) is 0 Å². The van der Waals surface area contributed by atoms with Crippen LogP contribution in [0.5, 0.6) is 0 Å². The molecule has 0 amide bonds. The molecule has 1 N–H and O–H groups in total. The molecule has 0 spiro atoms. The second kappa shape index (κ2) is 11.6. The van der Waals surface area contributed by atoms with E-state index in [4.69, 9.17) is 23.2 Å². The van der Waals surface area contributed by atoms with Gasteiger partial charge in [-0.1, -0.05) is 59.6 Å². The van der Waals surface area contributed by atoms with Gasteiger partial charge in [-0.15, -0.1) is 11.8 Å². The second-order valence-electron chi connectivity index (χ2n) is 9.68. The summed E-state index contributed by atoms with van der Waals surface area (Å²) in [4.78, 5) is 14.9. The number of hydrogen-bond acceptors (Lipinski definition) is 3. The average molecular weight is 557 g/mol. The Morgan fingerprint density at radius 2 is 1.84 bits per heavy atom. The molecule has 1 fully saturated rings. The predicted octanol–water partition coefficient (Wildman–Crippen LogP) is 7.98. The van der Waals surface area contributed by atoms with Gasteiger partial charge in [0.05, 0.1) is 12.2 Å². The molecule has 3 aromatic rings. The number of carboxylic acids is 1. The summed E-state index contributed by atoms with van der Waals surface area (Å²) >= 11 is 14.4. The van der Waals surface area contributed by atoms with Crippen LogP contribution >= 0.6 is 35.0 Å². The van der Waals surface area contributed by atoms with Crippen molar-refractivity contribution >= 4 is 52.1 Å². The maximum atomic E-state index is 12.5. The number of carbonyl (C=O) groups is 1.